The van der Waals surface area contributed by atoms with Crippen molar-refractivity contribution in [3.63, 3.8) is 0 Å². The van der Waals surface area contributed by atoms with Gasteiger partial charge in [-0.05, 0) is 29.8 Å². The van der Waals surface area contributed by atoms with Crippen LogP contribution in [-0.2, 0) is 4.79 Å². The van der Waals surface area contributed by atoms with Gasteiger partial charge in [0, 0.05) is 12.6 Å². The molecular weight excluding hydrogens is 166 g/mol. The van der Waals surface area contributed by atoms with Crippen LogP contribution in [0, 0.1) is 0 Å². The van der Waals surface area contributed by atoms with Crippen LogP contribution in [0.15, 0.2) is 30.8 Å². The molecule has 1 aromatic rings. The lowest BCUT2D eigenvalue weighted by Gasteiger charge is -2.05. The first-order valence-corrected chi connectivity index (χ1v) is 3.85. The van der Waals surface area contributed by atoms with Crippen molar-refractivity contribution in [1.29, 1.82) is 0 Å². The third-order valence-electron chi connectivity index (χ3n) is 1.54. The van der Waals surface area contributed by atoms with E-state index in [1.54, 1.807) is 24.3 Å². The second-order valence-electron chi connectivity index (χ2n) is 2.71. The van der Waals surface area contributed by atoms with E-state index in [9.17, 15) is 4.79 Å². The Labute approximate surface area is 76.7 Å². The number of phenols is 1. The van der Waals surface area contributed by atoms with Crippen molar-refractivity contribution in [1.82, 2.24) is 5.32 Å². The minimum atomic E-state index is -0.155. The molecule has 0 saturated heterocycles. The van der Waals surface area contributed by atoms with Gasteiger partial charge in [0.25, 0.3) is 0 Å². The topological polar surface area (TPSA) is 49.3 Å². The Bertz CT molecular complexity index is 327. The summed E-state index contributed by atoms with van der Waals surface area (Å²) in [5.41, 5.74) is 1.32. The van der Waals surface area contributed by atoms with Crippen molar-refractivity contribution in [2.75, 3.05) is 0 Å². The summed E-state index contributed by atoms with van der Waals surface area (Å²) in [5.74, 6) is 0.0393. The molecule has 2 N–H and O–H groups in total. The quantitative estimate of drug-likeness (QED) is 0.719. The smallest absolute Gasteiger partial charge is 0.221 e. The SMILES string of the molecule is C=C(NC(C)=O)c1ccc(O)cc1. The Morgan fingerprint density at radius 1 is 1.38 bits per heavy atom. The molecule has 0 atom stereocenters. The van der Waals surface area contributed by atoms with Gasteiger partial charge in [-0.3, -0.25) is 4.79 Å². The number of hydrogen-bond donors (Lipinski definition) is 2. The largest absolute Gasteiger partial charge is 0.508 e. The second kappa shape index (κ2) is 3.76. The maximum atomic E-state index is 10.7. The molecule has 1 amide bonds. The molecule has 1 rings (SSSR count). The summed E-state index contributed by atoms with van der Waals surface area (Å²) < 4.78 is 0. The van der Waals surface area contributed by atoms with E-state index in [1.807, 2.05) is 0 Å². The van der Waals surface area contributed by atoms with E-state index >= 15 is 0 Å². The monoisotopic (exact) mass is 177 g/mol. The Kier molecular flexibility index (Phi) is 2.69. The van der Waals surface area contributed by atoms with Crippen LogP contribution in [0.25, 0.3) is 5.70 Å². The van der Waals surface area contributed by atoms with E-state index in [4.69, 9.17) is 5.11 Å². The number of aromatic hydroxyl groups is 1. The van der Waals surface area contributed by atoms with Gasteiger partial charge in [0.05, 0.1) is 0 Å². The van der Waals surface area contributed by atoms with Gasteiger partial charge in [-0.2, -0.15) is 0 Å². The van der Waals surface area contributed by atoms with Gasteiger partial charge in [-0.15, -0.1) is 0 Å². The zero-order valence-corrected chi connectivity index (χ0v) is 7.37. The lowest BCUT2D eigenvalue weighted by atomic mass is 10.1. The van der Waals surface area contributed by atoms with E-state index in [2.05, 4.69) is 11.9 Å². The number of benzene rings is 1. The fourth-order valence-corrected chi connectivity index (χ4v) is 0.947. The number of amides is 1. The Balaban J connectivity index is 2.78. The predicted molar refractivity (Wildman–Crippen MR) is 51.0 cm³/mol. The van der Waals surface area contributed by atoms with Crippen molar-refractivity contribution < 1.29 is 9.90 Å². The van der Waals surface area contributed by atoms with Gasteiger partial charge in [-0.25, -0.2) is 0 Å². The average molecular weight is 177 g/mol. The van der Waals surface area contributed by atoms with Gasteiger partial charge < -0.3 is 10.4 Å². The Hall–Kier alpha value is -1.77. The maximum Gasteiger partial charge on any atom is 0.221 e. The number of carbonyl (C=O) groups is 1. The Morgan fingerprint density at radius 3 is 2.38 bits per heavy atom. The summed E-state index contributed by atoms with van der Waals surface area (Å²) >= 11 is 0. The van der Waals surface area contributed by atoms with Crippen molar-refractivity contribution in [2.24, 2.45) is 0 Å². The van der Waals surface area contributed by atoms with Crippen molar-refractivity contribution >= 4 is 11.6 Å². The molecule has 0 aliphatic heterocycles. The highest BCUT2D eigenvalue weighted by molar-refractivity contribution is 5.84. The standard InChI is InChI=1S/C10H11NO2/c1-7(11-8(2)12)9-3-5-10(13)6-4-9/h3-6,13H,1H2,2H3,(H,11,12). The van der Waals surface area contributed by atoms with Crippen LogP contribution in [0.2, 0.25) is 0 Å². The molecule has 3 heteroatoms. The molecular formula is C10H11NO2. The number of hydrogen-bond acceptors (Lipinski definition) is 2. The fraction of sp³-hybridized carbons (Fsp3) is 0.100. The van der Waals surface area contributed by atoms with Crippen molar-refractivity contribution in [3.8, 4) is 5.75 Å². The van der Waals surface area contributed by atoms with Gasteiger partial charge in [-0.1, -0.05) is 6.58 Å². The summed E-state index contributed by atoms with van der Waals surface area (Å²) in [6, 6.07) is 6.46. The third-order valence-corrected chi connectivity index (χ3v) is 1.54. The van der Waals surface area contributed by atoms with Crippen LogP contribution in [0.5, 0.6) is 5.75 Å². The van der Waals surface area contributed by atoms with Gasteiger partial charge in [0.15, 0.2) is 0 Å². The number of nitrogens with one attached hydrogen (secondary N) is 1. The summed E-state index contributed by atoms with van der Waals surface area (Å²) in [5, 5.41) is 11.6. The molecule has 1 aromatic carbocycles. The maximum absolute atomic E-state index is 10.7. The molecule has 3 nitrogen and oxygen atoms in total. The number of phenolic OH excluding ortho intramolecular Hbond substituents is 1. The minimum Gasteiger partial charge on any atom is -0.508 e. The molecule has 0 heterocycles. The highest BCUT2D eigenvalue weighted by Gasteiger charge is 1.99. The summed E-state index contributed by atoms with van der Waals surface area (Å²) in [4.78, 5) is 10.7. The normalized spacial score (nSPS) is 9.31. The number of rotatable bonds is 2. The van der Waals surface area contributed by atoms with Crippen LogP contribution in [0.3, 0.4) is 0 Å². The average Bonchev–Trinajstić information content (AvgIpc) is 2.04. The van der Waals surface area contributed by atoms with E-state index < -0.39 is 0 Å². The highest BCUT2D eigenvalue weighted by Crippen LogP contribution is 2.14. The molecule has 13 heavy (non-hydrogen) atoms. The molecule has 0 unspecified atom stereocenters. The first-order chi connectivity index (χ1) is 6.09. The van der Waals surface area contributed by atoms with E-state index in [-0.39, 0.29) is 11.7 Å². The molecule has 0 radical (unpaired) electrons. The van der Waals surface area contributed by atoms with Crippen LogP contribution < -0.4 is 5.32 Å². The van der Waals surface area contributed by atoms with Gasteiger partial charge in [0.1, 0.15) is 5.75 Å². The first-order valence-electron chi connectivity index (χ1n) is 3.85. The fourth-order valence-electron chi connectivity index (χ4n) is 0.947. The number of carbonyl (C=O) groups excluding carboxylic acids is 1. The molecule has 0 bridgehead atoms. The molecule has 0 fully saturated rings. The lowest BCUT2D eigenvalue weighted by Crippen LogP contribution is -2.16. The zero-order chi connectivity index (χ0) is 9.84. The van der Waals surface area contributed by atoms with Crippen LogP contribution in [-0.4, -0.2) is 11.0 Å². The molecule has 0 spiro atoms. The molecule has 0 aliphatic rings. The van der Waals surface area contributed by atoms with E-state index in [0.29, 0.717) is 5.70 Å². The summed E-state index contributed by atoms with van der Waals surface area (Å²) in [6.07, 6.45) is 0. The third kappa shape index (κ3) is 2.63. The lowest BCUT2D eigenvalue weighted by molar-refractivity contribution is -0.117. The van der Waals surface area contributed by atoms with E-state index in [1.165, 1.54) is 6.92 Å². The first kappa shape index (κ1) is 9.32. The summed E-state index contributed by atoms with van der Waals surface area (Å²) in [6.45, 7) is 5.10. The minimum absolute atomic E-state index is 0.155. The highest BCUT2D eigenvalue weighted by atomic mass is 16.3. The molecule has 0 saturated carbocycles. The Morgan fingerprint density at radius 2 is 1.92 bits per heavy atom. The van der Waals surface area contributed by atoms with Crippen molar-refractivity contribution in [3.05, 3.63) is 36.4 Å². The van der Waals surface area contributed by atoms with Crippen molar-refractivity contribution in [2.45, 2.75) is 6.92 Å². The van der Waals surface area contributed by atoms with Crippen LogP contribution >= 0.6 is 0 Å². The summed E-state index contributed by atoms with van der Waals surface area (Å²) in [7, 11) is 0. The zero-order valence-electron chi connectivity index (χ0n) is 7.37. The molecule has 0 aliphatic carbocycles. The van der Waals surface area contributed by atoms with Crippen LogP contribution in [0.4, 0.5) is 0 Å². The predicted octanol–water partition coefficient (Wildman–Crippen LogP) is 1.50. The second-order valence-corrected chi connectivity index (χ2v) is 2.71. The van der Waals surface area contributed by atoms with Gasteiger partial charge in [0.2, 0.25) is 5.91 Å². The van der Waals surface area contributed by atoms with Gasteiger partial charge >= 0.3 is 0 Å². The molecule has 0 aromatic heterocycles. The van der Waals surface area contributed by atoms with E-state index in [0.717, 1.165) is 5.56 Å². The van der Waals surface area contributed by atoms with Crippen LogP contribution in [0.1, 0.15) is 12.5 Å². The molecule has 68 valence electrons.